The van der Waals surface area contributed by atoms with Crippen LogP contribution < -0.4 is 5.32 Å². The molecule has 152 valence electrons. The zero-order chi connectivity index (χ0) is 19.8. The maximum atomic E-state index is 13.9. The number of aryl methyl sites for hydroxylation is 1. The van der Waals surface area contributed by atoms with Crippen LogP contribution in [0.5, 0.6) is 0 Å². The van der Waals surface area contributed by atoms with E-state index in [4.69, 9.17) is 0 Å². The zero-order valence-corrected chi connectivity index (χ0v) is 15.8. The minimum Gasteiger partial charge on any atom is -0.478 e. The molecule has 2 aromatic rings. The fourth-order valence-electron chi connectivity index (χ4n) is 3.25. The van der Waals surface area contributed by atoms with Crippen LogP contribution in [0, 0.1) is 12.7 Å². The van der Waals surface area contributed by atoms with Crippen molar-refractivity contribution in [2.75, 3.05) is 5.32 Å². The summed E-state index contributed by atoms with van der Waals surface area (Å²) in [5.74, 6) is -2.62. The van der Waals surface area contributed by atoms with E-state index in [0.717, 1.165) is 31.7 Å². The van der Waals surface area contributed by atoms with Gasteiger partial charge in [-0.2, -0.15) is 13.2 Å². The highest BCUT2D eigenvalue weighted by Crippen LogP contribution is 2.38. The summed E-state index contributed by atoms with van der Waals surface area (Å²) >= 11 is 0. The average molecular weight is 419 g/mol. The van der Waals surface area contributed by atoms with E-state index in [2.05, 4.69) is 10.3 Å². The highest BCUT2D eigenvalue weighted by molar-refractivity contribution is 5.96. The summed E-state index contributed by atoms with van der Waals surface area (Å²) in [5, 5.41) is 12.2. The minimum absolute atomic E-state index is 0. The third-order valence-corrected chi connectivity index (χ3v) is 4.70. The molecule has 28 heavy (non-hydrogen) atoms. The first-order chi connectivity index (χ1) is 12.7. The molecule has 0 unspecified atom stereocenters. The monoisotopic (exact) mass is 418 g/mol. The van der Waals surface area contributed by atoms with Crippen molar-refractivity contribution in [3.05, 3.63) is 46.8 Å². The second kappa shape index (κ2) is 8.34. The molecule has 1 aromatic carbocycles. The first-order valence-corrected chi connectivity index (χ1v) is 8.55. The molecule has 1 aromatic heterocycles. The molecule has 2 N–H and O–H groups in total. The number of alkyl halides is 3. The minimum atomic E-state index is -4.89. The van der Waals surface area contributed by atoms with Crippen LogP contribution >= 0.6 is 12.4 Å². The summed E-state index contributed by atoms with van der Waals surface area (Å²) in [6.07, 6.45) is -1.61. The lowest BCUT2D eigenvalue weighted by Crippen LogP contribution is -2.22. The summed E-state index contributed by atoms with van der Waals surface area (Å²) < 4.78 is 54.5. The highest BCUT2D eigenvalue weighted by atomic mass is 35.5. The van der Waals surface area contributed by atoms with Crippen LogP contribution in [0.4, 0.5) is 23.4 Å². The predicted octanol–water partition coefficient (Wildman–Crippen LogP) is 5.69. The first-order valence-electron chi connectivity index (χ1n) is 8.55. The van der Waals surface area contributed by atoms with Crippen LogP contribution in [-0.4, -0.2) is 22.1 Å². The number of anilines is 1. The van der Waals surface area contributed by atoms with E-state index in [9.17, 15) is 27.5 Å². The maximum absolute atomic E-state index is 13.9. The molecule has 1 saturated carbocycles. The number of nitrogens with one attached hydrogen (secondary N) is 1. The largest absolute Gasteiger partial charge is 0.478 e. The van der Waals surface area contributed by atoms with Gasteiger partial charge in [-0.3, -0.25) is 0 Å². The number of carbonyl (C=O) groups is 1. The molecule has 0 atom stereocenters. The third-order valence-electron chi connectivity index (χ3n) is 4.70. The van der Waals surface area contributed by atoms with E-state index in [1.807, 2.05) is 0 Å². The Balaban J connectivity index is 0.00000280. The molecule has 0 aliphatic heterocycles. The number of aromatic carboxylic acids is 1. The zero-order valence-electron chi connectivity index (χ0n) is 14.9. The normalized spacial score (nSPS) is 14.6. The molecule has 0 amide bonds. The summed E-state index contributed by atoms with van der Waals surface area (Å²) in [7, 11) is 0. The number of rotatable bonds is 4. The van der Waals surface area contributed by atoms with Gasteiger partial charge in [0.25, 0.3) is 0 Å². The molecular weight excluding hydrogens is 400 g/mol. The van der Waals surface area contributed by atoms with Gasteiger partial charge in [0, 0.05) is 11.6 Å². The van der Waals surface area contributed by atoms with Gasteiger partial charge < -0.3 is 10.4 Å². The lowest BCUT2D eigenvalue weighted by molar-refractivity contribution is -0.138. The van der Waals surface area contributed by atoms with Gasteiger partial charge in [-0.15, -0.1) is 12.4 Å². The van der Waals surface area contributed by atoms with Crippen molar-refractivity contribution in [2.24, 2.45) is 0 Å². The molecule has 1 heterocycles. The van der Waals surface area contributed by atoms with Gasteiger partial charge in [-0.25, -0.2) is 14.2 Å². The summed E-state index contributed by atoms with van der Waals surface area (Å²) in [6.45, 7) is 1.54. The number of aromatic nitrogens is 1. The molecule has 1 aliphatic rings. The lowest BCUT2D eigenvalue weighted by Gasteiger charge is -2.19. The van der Waals surface area contributed by atoms with E-state index in [-0.39, 0.29) is 35.5 Å². The number of hydrogen-bond acceptors (Lipinski definition) is 3. The predicted molar refractivity (Wildman–Crippen MR) is 99.5 cm³/mol. The number of benzene rings is 1. The summed E-state index contributed by atoms with van der Waals surface area (Å²) in [5.41, 5.74) is -1.85. The number of hydrogen-bond donors (Lipinski definition) is 2. The van der Waals surface area contributed by atoms with Gasteiger partial charge >= 0.3 is 12.1 Å². The molecule has 9 heteroatoms. The van der Waals surface area contributed by atoms with Crippen LogP contribution in [-0.2, 0) is 6.18 Å². The quantitative estimate of drug-likeness (QED) is 0.626. The Morgan fingerprint density at radius 2 is 1.86 bits per heavy atom. The lowest BCUT2D eigenvalue weighted by atomic mass is 10.0. The molecule has 0 bridgehead atoms. The Bertz CT molecular complexity index is 881. The molecule has 3 rings (SSSR count). The van der Waals surface area contributed by atoms with Crippen molar-refractivity contribution in [1.29, 1.82) is 0 Å². The molecule has 4 nitrogen and oxygen atoms in total. The van der Waals surface area contributed by atoms with Crippen molar-refractivity contribution in [2.45, 2.75) is 44.8 Å². The highest BCUT2D eigenvalue weighted by Gasteiger charge is 2.38. The van der Waals surface area contributed by atoms with E-state index in [1.54, 1.807) is 0 Å². The van der Waals surface area contributed by atoms with Crippen molar-refractivity contribution in [3.8, 4) is 11.3 Å². The molecule has 1 fully saturated rings. The second-order valence-corrected chi connectivity index (χ2v) is 6.67. The van der Waals surface area contributed by atoms with Crippen molar-refractivity contribution >= 4 is 24.2 Å². The molecule has 0 saturated heterocycles. The number of carboxylic acid groups (broad SMARTS) is 1. The van der Waals surface area contributed by atoms with Crippen LogP contribution in [0.2, 0.25) is 0 Å². The van der Waals surface area contributed by atoms with Gasteiger partial charge in [0.15, 0.2) is 0 Å². The van der Waals surface area contributed by atoms with Crippen LogP contribution in [0.1, 0.15) is 47.2 Å². The first kappa shape index (κ1) is 21.9. The SMILES string of the molecule is Cc1ccc(-c2cc(C(F)(F)F)c(C(=O)O)c(NC3CCCC3)n2)cc1F.Cl. The fraction of sp³-hybridized carbons (Fsp3) is 0.368. The Morgan fingerprint density at radius 3 is 2.39 bits per heavy atom. The number of pyridine rings is 1. The van der Waals surface area contributed by atoms with Gasteiger partial charge in [0.2, 0.25) is 0 Å². The van der Waals surface area contributed by atoms with Crippen molar-refractivity contribution < 1.29 is 27.5 Å². The Kier molecular flexibility index (Phi) is 6.54. The molecular formula is C19H19ClF4N2O2. The Morgan fingerprint density at radius 1 is 1.21 bits per heavy atom. The van der Waals surface area contributed by atoms with Gasteiger partial charge in [-0.1, -0.05) is 25.0 Å². The van der Waals surface area contributed by atoms with Gasteiger partial charge in [0.1, 0.15) is 17.2 Å². The summed E-state index contributed by atoms with van der Waals surface area (Å²) in [4.78, 5) is 15.7. The average Bonchev–Trinajstić information content (AvgIpc) is 3.08. The van der Waals surface area contributed by atoms with Crippen LogP contribution in [0.3, 0.4) is 0 Å². The third kappa shape index (κ3) is 4.55. The Hall–Kier alpha value is -2.35. The molecule has 0 radical (unpaired) electrons. The smallest absolute Gasteiger partial charge is 0.417 e. The number of nitrogens with zero attached hydrogens (tertiary/aromatic N) is 1. The number of carboxylic acids is 1. The van der Waals surface area contributed by atoms with E-state index in [0.29, 0.717) is 11.6 Å². The van der Waals surface area contributed by atoms with Gasteiger partial charge in [-0.05, 0) is 37.5 Å². The van der Waals surface area contributed by atoms with Crippen LogP contribution in [0.15, 0.2) is 24.3 Å². The molecule has 0 spiro atoms. The van der Waals surface area contributed by atoms with Gasteiger partial charge in [0.05, 0.1) is 11.3 Å². The van der Waals surface area contributed by atoms with E-state index in [1.165, 1.54) is 19.1 Å². The number of halogens is 5. The maximum Gasteiger partial charge on any atom is 0.417 e. The van der Waals surface area contributed by atoms with Crippen LogP contribution in [0.25, 0.3) is 11.3 Å². The second-order valence-electron chi connectivity index (χ2n) is 6.67. The van der Waals surface area contributed by atoms with Crippen molar-refractivity contribution in [3.63, 3.8) is 0 Å². The van der Waals surface area contributed by atoms with E-state index >= 15 is 0 Å². The molecule has 1 aliphatic carbocycles. The van der Waals surface area contributed by atoms with Crippen molar-refractivity contribution in [1.82, 2.24) is 4.98 Å². The topological polar surface area (TPSA) is 62.2 Å². The summed E-state index contributed by atoms with van der Waals surface area (Å²) in [6, 6.07) is 4.52. The standard InChI is InChI=1S/C19H18F4N2O2.ClH/c1-10-6-7-11(8-14(10)20)15-9-13(19(21,22)23)16(18(26)27)17(25-15)24-12-4-2-3-5-12;/h6-9,12H,2-5H2,1H3,(H,24,25)(H,26,27);1H. The van der Waals surface area contributed by atoms with E-state index < -0.39 is 29.1 Å². The Labute approximate surface area is 165 Å². The fourth-order valence-corrected chi connectivity index (χ4v) is 3.25.